The Hall–Kier alpha value is -4.01. The second-order valence-corrected chi connectivity index (χ2v) is 7.39. The number of anilines is 2. The summed E-state index contributed by atoms with van der Waals surface area (Å²) in [5.41, 5.74) is 7.80. The molecular formula is C22H22FN7O. The van der Waals surface area contributed by atoms with Gasteiger partial charge in [0.05, 0.1) is 11.1 Å². The minimum atomic E-state index is -0.700. The number of primary amides is 1. The molecule has 4 aromatic rings. The summed E-state index contributed by atoms with van der Waals surface area (Å²) in [7, 11) is 3.70. The predicted octanol–water partition coefficient (Wildman–Crippen LogP) is 3.04. The number of carbonyl (C=O) groups excluding carboxylic acids is 1. The monoisotopic (exact) mass is 419 g/mol. The number of fused-ring (bicyclic) bond motifs is 1. The summed E-state index contributed by atoms with van der Waals surface area (Å²) in [4.78, 5) is 18.3. The van der Waals surface area contributed by atoms with Crippen molar-refractivity contribution in [3.63, 3.8) is 0 Å². The van der Waals surface area contributed by atoms with E-state index in [2.05, 4.69) is 20.5 Å². The van der Waals surface area contributed by atoms with Gasteiger partial charge in [-0.1, -0.05) is 30.3 Å². The van der Waals surface area contributed by atoms with Crippen LogP contribution in [0.3, 0.4) is 0 Å². The molecule has 8 nitrogen and oxygen atoms in total. The van der Waals surface area contributed by atoms with Gasteiger partial charge in [-0.15, -0.1) is 10.2 Å². The zero-order chi connectivity index (χ0) is 22.1. The standard InChI is InChI=1S/C22H22FN7O/c1-13-9-16-17(19(24)31)10-15(23)11-18(16)30(13)22-26-20(21(27-28-22)29(2)3)25-12-14-7-5-4-6-8-14/h4-11H,12H2,1-3H3,(H2,24,31)(H,25,26,28). The molecule has 158 valence electrons. The summed E-state index contributed by atoms with van der Waals surface area (Å²) in [5.74, 6) is 0.0916. The molecule has 0 saturated heterocycles. The number of aromatic nitrogens is 4. The normalized spacial score (nSPS) is 11.0. The molecule has 0 aliphatic heterocycles. The van der Waals surface area contributed by atoms with Gasteiger partial charge in [-0.05, 0) is 30.7 Å². The van der Waals surface area contributed by atoms with E-state index < -0.39 is 11.7 Å². The number of hydrogen-bond acceptors (Lipinski definition) is 6. The van der Waals surface area contributed by atoms with Gasteiger partial charge in [0.25, 0.3) is 5.95 Å². The predicted molar refractivity (Wildman–Crippen MR) is 118 cm³/mol. The fourth-order valence-corrected chi connectivity index (χ4v) is 3.48. The summed E-state index contributed by atoms with van der Waals surface area (Å²) >= 11 is 0. The van der Waals surface area contributed by atoms with Crippen molar-refractivity contribution in [2.75, 3.05) is 24.3 Å². The van der Waals surface area contributed by atoms with E-state index in [1.807, 2.05) is 56.3 Å². The number of rotatable bonds is 6. The lowest BCUT2D eigenvalue weighted by atomic mass is 10.1. The van der Waals surface area contributed by atoms with E-state index in [4.69, 9.17) is 5.73 Å². The fraction of sp³-hybridized carbons (Fsp3) is 0.182. The van der Waals surface area contributed by atoms with Gasteiger partial charge in [0.15, 0.2) is 11.6 Å². The molecule has 2 aromatic carbocycles. The van der Waals surface area contributed by atoms with Crippen LogP contribution < -0.4 is 16.0 Å². The van der Waals surface area contributed by atoms with Crippen molar-refractivity contribution < 1.29 is 9.18 Å². The molecule has 0 saturated carbocycles. The molecule has 31 heavy (non-hydrogen) atoms. The number of halogens is 1. The average molecular weight is 419 g/mol. The number of amides is 1. The van der Waals surface area contributed by atoms with Crippen LogP contribution in [0, 0.1) is 12.7 Å². The molecule has 2 heterocycles. The maximum absolute atomic E-state index is 14.2. The Morgan fingerprint density at radius 3 is 2.58 bits per heavy atom. The lowest BCUT2D eigenvalue weighted by Gasteiger charge is -2.17. The van der Waals surface area contributed by atoms with Gasteiger partial charge in [-0.3, -0.25) is 9.36 Å². The van der Waals surface area contributed by atoms with Crippen molar-refractivity contribution in [1.82, 2.24) is 19.7 Å². The third-order valence-corrected chi connectivity index (χ3v) is 4.92. The Labute approximate surface area is 178 Å². The molecule has 4 rings (SSSR count). The first-order chi connectivity index (χ1) is 14.8. The number of aryl methyl sites for hydroxylation is 1. The Morgan fingerprint density at radius 2 is 1.90 bits per heavy atom. The summed E-state index contributed by atoms with van der Waals surface area (Å²) < 4.78 is 15.9. The van der Waals surface area contributed by atoms with Gasteiger partial charge >= 0.3 is 0 Å². The summed E-state index contributed by atoms with van der Waals surface area (Å²) in [6.45, 7) is 2.37. The van der Waals surface area contributed by atoms with Crippen molar-refractivity contribution in [3.05, 3.63) is 71.2 Å². The fourth-order valence-electron chi connectivity index (χ4n) is 3.48. The molecule has 0 bridgehead atoms. The smallest absolute Gasteiger partial charge is 0.256 e. The van der Waals surface area contributed by atoms with Crippen LogP contribution in [0.5, 0.6) is 0 Å². The first-order valence-electron chi connectivity index (χ1n) is 9.66. The van der Waals surface area contributed by atoms with E-state index in [0.29, 0.717) is 29.1 Å². The van der Waals surface area contributed by atoms with E-state index >= 15 is 0 Å². The number of nitrogens with one attached hydrogen (secondary N) is 1. The average Bonchev–Trinajstić information content (AvgIpc) is 3.07. The largest absolute Gasteiger partial charge is 0.366 e. The van der Waals surface area contributed by atoms with Crippen LogP contribution in [0.25, 0.3) is 16.9 Å². The molecule has 0 spiro atoms. The van der Waals surface area contributed by atoms with Crippen molar-refractivity contribution in [1.29, 1.82) is 0 Å². The quantitative estimate of drug-likeness (QED) is 0.498. The number of hydrogen-bond donors (Lipinski definition) is 2. The minimum Gasteiger partial charge on any atom is -0.366 e. The molecular weight excluding hydrogens is 397 g/mol. The maximum atomic E-state index is 14.2. The minimum absolute atomic E-state index is 0.108. The molecule has 2 aromatic heterocycles. The van der Waals surface area contributed by atoms with Gasteiger partial charge in [-0.2, -0.15) is 4.98 Å². The molecule has 3 N–H and O–H groups in total. The first kappa shape index (κ1) is 20.3. The number of carbonyl (C=O) groups is 1. The summed E-state index contributed by atoms with van der Waals surface area (Å²) in [6.07, 6.45) is 0. The molecule has 0 atom stereocenters. The third kappa shape index (κ3) is 3.89. The van der Waals surface area contributed by atoms with E-state index in [-0.39, 0.29) is 11.5 Å². The molecule has 0 fully saturated rings. The second-order valence-electron chi connectivity index (χ2n) is 7.39. The topological polar surface area (TPSA) is 102 Å². The van der Waals surface area contributed by atoms with Crippen LogP contribution in [0.1, 0.15) is 21.6 Å². The molecule has 0 unspecified atom stereocenters. The van der Waals surface area contributed by atoms with Crippen molar-refractivity contribution in [2.45, 2.75) is 13.5 Å². The van der Waals surface area contributed by atoms with Crippen LogP contribution >= 0.6 is 0 Å². The highest BCUT2D eigenvalue weighted by Crippen LogP contribution is 2.28. The Balaban J connectivity index is 1.82. The Morgan fingerprint density at radius 1 is 1.16 bits per heavy atom. The number of benzene rings is 2. The second kappa shape index (κ2) is 8.02. The van der Waals surface area contributed by atoms with Gasteiger partial charge in [0, 0.05) is 31.7 Å². The Bertz CT molecular complexity index is 1270. The van der Waals surface area contributed by atoms with Crippen LogP contribution in [-0.2, 0) is 6.54 Å². The summed E-state index contributed by atoms with van der Waals surface area (Å²) in [6, 6.07) is 14.1. The van der Waals surface area contributed by atoms with E-state index in [9.17, 15) is 9.18 Å². The van der Waals surface area contributed by atoms with Crippen LogP contribution in [0.4, 0.5) is 16.0 Å². The van der Waals surface area contributed by atoms with Crippen LogP contribution in [0.15, 0.2) is 48.5 Å². The zero-order valence-corrected chi connectivity index (χ0v) is 17.4. The molecule has 0 radical (unpaired) electrons. The number of nitrogens with zero attached hydrogens (tertiary/aromatic N) is 5. The van der Waals surface area contributed by atoms with Crippen LogP contribution in [0.2, 0.25) is 0 Å². The molecule has 9 heteroatoms. The summed E-state index contributed by atoms with van der Waals surface area (Å²) in [5, 5.41) is 12.4. The van der Waals surface area contributed by atoms with E-state index in [1.54, 1.807) is 10.6 Å². The van der Waals surface area contributed by atoms with E-state index in [1.165, 1.54) is 6.07 Å². The maximum Gasteiger partial charge on any atom is 0.256 e. The molecule has 0 aliphatic carbocycles. The third-order valence-electron chi connectivity index (χ3n) is 4.92. The van der Waals surface area contributed by atoms with Gasteiger partial charge in [0.2, 0.25) is 5.91 Å². The highest BCUT2D eigenvalue weighted by Gasteiger charge is 2.19. The van der Waals surface area contributed by atoms with Crippen molar-refractivity contribution in [2.24, 2.45) is 5.73 Å². The SMILES string of the molecule is Cc1cc2c(C(N)=O)cc(F)cc2n1-c1nnc(N(C)C)c(NCc2ccccc2)n1. The van der Waals surface area contributed by atoms with Gasteiger partial charge in [-0.25, -0.2) is 4.39 Å². The van der Waals surface area contributed by atoms with Gasteiger partial charge < -0.3 is 16.0 Å². The Kier molecular flexibility index (Phi) is 5.24. The van der Waals surface area contributed by atoms with Gasteiger partial charge in [0.1, 0.15) is 5.82 Å². The van der Waals surface area contributed by atoms with Crippen LogP contribution in [-0.4, -0.2) is 39.8 Å². The van der Waals surface area contributed by atoms with Crippen molar-refractivity contribution >= 4 is 28.4 Å². The lowest BCUT2D eigenvalue weighted by Crippen LogP contribution is -2.18. The first-order valence-corrected chi connectivity index (χ1v) is 9.66. The van der Waals surface area contributed by atoms with Crippen molar-refractivity contribution in [3.8, 4) is 5.95 Å². The lowest BCUT2D eigenvalue weighted by molar-refractivity contribution is 0.100. The zero-order valence-electron chi connectivity index (χ0n) is 17.4. The highest BCUT2D eigenvalue weighted by atomic mass is 19.1. The highest BCUT2D eigenvalue weighted by molar-refractivity contribution is 6.06. The molecule has 1 amide bonds. The number of nitrogens with two attached hydrogens (primary N) is 1. The van der Waals surface area contributed by atoms with E-state index in [0.717, 1.165) is 17.3 Å². The molecule has 0 aliphatic rings.